The van der Waals surface area contributed by atoms with Gasteiger partial charge in [-0.25, -0.2) is 10.5 Å². The molecule has 0 aromatic carbocycles. The molecular formula is C4H15NO6P2. The summed E-state index contributed by atoms with van der Waals surface area (Å²) < 4.78 is 22.6. The first-order valence-electron chi connectivity index (χ1n) is 3.47. The van der Waals surface area contributed by atoms with Gasteiger partial charge in [0.15, 0.2) is 0 Å². The first-order chi connectivity index (χ1) is 5.83. The van der Waals surface area contributed by atoms with E-state index >= 15 is 0 Å². The van der Waals surface area contributed by atoms with E-state index in [-0.39, 0.29) is 6.16 Å². The number of nitrogens with two attached hydrogens (primary N) is 1. The fraction of sp³-hybridized carbons (Fsp3) is 1.00. The van der Waals surface area contributed by atoms with Crippen molar-refractivity contribution < 1.29 is 28.4 Å². The van der Waals surface area contributed by atoms with Crippen LogP contribution in [0.5, 0.6) is 0 Å². The zero-order valence-corrected chi connectivity index (χ0v) is 9.11. The fourth-order valence-electron chi connectivity index (χ4n) is 0.364. The van der Waals surface area contributed by atoms with E-state index < -0.39 is 15.9 Å². The first kappa shape index (κ1) is 15.7. The van der Waals surface area contributed by atoms with Gasteiger partial charge in [0, 0.05) is 6.16 Å². The molecule has 0 radical (unpaired) electrons. The molecule has 5 N–H and O–H groups in total. The van der Waals surface area contributed by atoms with Gasteiger partial charge in [-0.05, 0) is 6.42 Å². The van der Waals surface area contributed by atoms with E-state index in [1.54, 1.807) is 0 Å². The molecule has 13 heavy (non-hydrogen) atoms. The third kappa shape index (κ3) is 24.5. The van der Waals surface area contributed by atoms with Gasteiger partial charge in [0.25, 0.3) is 0 Å². The maximum atomic E-state index is 10.1. The van der Waals surface area contributed by atoms with Gasteiger partial charge >= 0.3 is 15.9 Å². The molecular weight excluding hydrogens is 220 g/mol. The highest BCUT2D eigenvalue weighted by atomic mass is 31.2. The molecule has 0 fully saturated rings. The van der Waals surface area contributed by atoms with E-state index in [1.807, 2.05) is 6.92 Å². The van der Waals surface area contributed by atoms with Crippen molar-refractivity contribution in [2.45, 2.75) is 19.8 Å². The summed E-state index contributed by atoms with van der Waals surface area (Å²) >= 11 is 0. The molecule has 1 unspecified atom stereocenters. The number of hydrogen-bond donors (Lipinski definition) is 4. The van der Waals surface area contributed by atoms with E-state index in [9.17, 15) is 9.13 Å². The maximum absolute atomic E-state index is 10.1. The van der Waals surface area contributed by atoms with Crippen LogP contribution in [0.25, 0.3) is 0 Å². The minimum Gasteiger partial charge on any atom is -0.325 e. The molecule has 82 valence electrons. The van der Waals surface area contributed by atoms with Crippen LogP contribution in [0, 0.1) is 0 Å². The number of hydrogen-bond acceptors (Lipinski definition) is 4. The van der Waals surface area contributed by atoms with Crippen molar-refractivity contribution in [3.63, 3.8) is 0 Å². The van der Waals surface area contributed by atoms with E-state index in [0.717, 1.165) is 6.42 Å². The first-order valence-corrected chi connectivity index (χ1v) is 6.53. The largest absolute Gasteiger partial charge is 0.332 e. The average molecular weight is 235 g/mol. The molecule has 1 atom stereocenters. The van der Waals surface area contributed by atoms with E-state index in [1.165, 1.54) is 0 Å². The lowest BCUT2D eigenvalue weighted by atomic mass is 10.4. The SMILES string of the molecule is CCCCP(=O)(O)O.NO[PH](=O)O. The molecule has 0 spiro atoms. The van der Waals surface area contributed by atoms with Crippen LogP contribution in [0.2, 0.25) is 0 Å². The quantitative estimate of drug-likeness (QED) is 0.405. The molecule has 0 saturated heterocycles. The minimum absolute atomic E-state index is 0.0312. The number of rotatable bonds is 4. The number of unbranched alkanes of at least 4 members (excludes halogenated alkanes) is 1. The average Bonchev–Trinajstić information content (AvgIpc) is 2.00. The van der Waals surface area contributed by atoms with Gasteiger partial charge < -0.3 is 14.7 Å². The van der Waals surface area contributed by atoms with Crippen molar-refractivity contribution in [2.75, 3.05) is 6.16 Å². The van der Waals surface area contributed by atoms with Crippen LogP contribution >= 0.6 is 15.9 Å². The summed E-state index contributed by atoms with van der Waals surface area (Å²) in [6.45, 7) is 1.90. The second-order valence-corrected chi connectivity index (χ2v) is 4.67. The van der Waals surface area contributed by atoms with Gasteiger partial charge in [0.05, 0.1) is 0 Å². The second-order valence-electron chi connectivity index (χ2n) is 2.13. The van der Waals surface area contributed by atoms with E-state index in [2.05, 4.69) is 10.5 Å². The lowest BCUT2D eigenvalue weighted by Crippen LogP contribution is -1.84. The van der Waals surface area contributed by atoms with Gasteiger partial charge in [-0.2, -0.15) is 0 Å². The third-order valence-corrected chi connectivity index (χ3v) is 2.00. The van der Waals surface area contributed by atoms with Crippen LogP contribution in [0.1, 0.15) is 19.8 Å². The van der Waals surface area contributed by atoms with Crippen molar-refractivity contribution in [1.29, 1.82) is 0 Å². The minimum atomic E-state index is -3.68. The summed E-state index contributed by atoms with van der Waals surface area (Å²) in [4.78, 5) is 24.1. The summed E-state index contributed by atoms with van der Waals surface area (Å²) in [5.74, 6) is 4.15. The monoisotopic (exact) mass is 235 g/mol. The van der Waals surface area contributed by atoms with Crippen LogP contribution in [0.3, 0.4) is 0 Å². The summed E-state index contributed by atoms with van der Waals surface area (Å²) in [5.41, 5.74) is 0. The topological polar surface area (TPSA) is 130 Å². The van der Waals surface area contributed by atoms with Crippen molar-refractivity contribution in [3.05, 3.63) is 0 Å². The molecule has 0 aliphatic heterocycles. The standard InChI is InChI=1S/C4H11O3P.H4NO3P/c1-2-3-4-8(5,6)7;1-4-5(2)3/h2-4H2,1H3,(H2,5,6,7);5H,1H2,(H,2,3). The molecule has 9 heteroatoms. The normalized spacial score (nSPS) is 13.0. The summed E-state index contributed by atoms with van der Waals surface area (Å²) in [7, 11) is -6.53. The Morgan fingerprint density at radius 1 is 1.54 bits per heavy atom. The highest BCUT2D eigenvalue weighted by Gasteiger charge is 2.09. The lowest BCUT2D eigenvalue weighted by molar-refractivity contribution is 0.292. The van der Waals surface area contributed by atoms with Gasteiger partial charge in [-0.15, -0.1) is 0 Å². The predicted molar refractivity (Wildman–Crippen MR) is 48.3 cm³/mol. The summed E-state index contributed by atoms with van der Waals surface area (Å²) in [6.07, 6.45) is 1.49. The predicted octanol–water partition coefficient (Wildman–Crippen LogP) is 0.223. The summed E-state index contributed by atoms with van der Waals surface area (Å²) in [6, 6.07) is 0. The molecule has 0 heterocycles. The smallest absolute Gasteiger partial charge is 0.325 e. The van der Waals surface area contributed by atoms with Crippen molar-refractivity contribution in [2.24, 2.45) is 5.90 Å². The third-order valence-electron chi connectivity index (χ3n) is 0.904. The van der Waals surface area contributed by atoms with Crippen LogP contribution in [0.4, 0.5) is 0 Å². The zero-order chi connectivity index (χ0) is 10.9. The molecule has 0 saturated carbocycles. The summed E-state index contributed by atoms with van der Waals surface area (Å²) in [5, 5.41) is 0. The van der Waals surface area contributed by atoms with Crippen LogP contribution in [0.15, 0.2) is 0 Å². The Labute approximate surface area is 77.0 Å². The molecule has 0 aliphatic carbocycles. The highest BCUT2D eigenvalue weighted by molar-refractivity contribution is 7.51. The van der Waals surface area contributed by atoms with Crippen LogP contribution < -0.4 is 5.90 Å². The Hall–Kier alpha value is 0.260. The molecule has 7 nitrogen and oxygen atoms in total. The Morgan fingerprint density at radius 3 is 2.00 bits per heavy atom. The molecule has 0 aromatic rings. The maximum Gasteiger partial charge on any atom is 0.332 e. The van der Waals surface area contributed by atoms with Gasteiger partial charge in [0.2, 0.25) is 0 Å². The van der Waals surface area contributed by atoms with Gasteiger partial charge in [0.1, 0.15) is 0 Å². The van der Waals surface area contributed by atoms with Crippen molar-refractivity contribution in [3.8, 4) is 0 Å². The molecule has 0 amide bonds. The van der Waals surface area contributed by atoms with Crippen molar-refractivity contribution in [1.82, 2.24) is 0 Å². The second kappa shape index (κ2) is 8.84. The van der Waals surface area contributed by atoms with Crippen LogP contribution in [-0.2, 0) is 13.8 Å². The molecule has 0 rings (SSSR count). The Bertz CT molecular complexity index is 179. The van der Waals surface area contributed by atoms with Crippen LogP contribution in [-0.4, -0.2) is 20.8 Å². The van der Waals surface area contributed by atoms with Gasteiger partial charge in [-0.3, -0.25) is 9.13 Å². The Kier molecular flexibility index (Phi) is 10.7. The Balaban J connectivity index is 0. The molecule has 0 aromatic heterocycles. The molecule has 0 aliphatic rings. The van der Waals surface area contributed by atoms with E-state index in [4.69, 9.17) is 14.7 Å². The van der Waals surface area contributed by atoms with Crippen molar-refractivity contribution >= 4 is 15.9 Å². The highest BCUT2D eigenvalue weighted by Crippen LogP contribution is 2.35. The Morgan fingerprint density at radius 2 is 1.92 bits per heavy atom. The fourth-order valence-corrected chi connectivity index (χ4v) is 1.09. The zero-order valence-electron chi connectivity index (χ0n) is 7.21. The van der Waals surface area contributed by atoms with E-state index in [0.29, 0.717) is 6.42 Å². The molecule has 0 bridgehead atoms. The lowest BCUT2D eigenvalue weighted by Gasteiger charge is -1.98. The van der Waals surface area contributed by atoms with Gasteiger partial charge in [-0.1, -0.05) is 13.3 Å².